The van der Waals surface area contributed by atoms with Gasteiger partial charge in [-0.05, 0) is 99.2 Å². The molecule has 2 nitrogen and oxygen atoms in total. The van der Waals surface area contributed by atoms with Crippen LogP contribution in [0, 0.1) is 0 Å². The molecule has 1 saturated heterocycles. The minimum Gasteiger partial charge on any atom is -0.399 e. The fourth-order valence-electron chi connectivity index (χ4n) is 8.06. The van der Waals surface area contributed by atoms with E-state index in [1.54, 1.807) is 0 Å². The lowest BCUT2D eigenvalue weighted by Gasteiger charge is -2.32. The summed E-state index contributed by atoms with van der Waals surface area (Å²) in [4.78, 5) is 0. The van der Waals surface area contributed by atoms with E-state index in [1.165, 1.54) is 66.1 Å². The molecule has 0 aromatic heterocycles. The van der Waals surface area contributed by atoms with Gasteiger partial charge in [-0.3, -0.25) is 0 Å². The van der Waals surface area contributed by atoms with Gasteiger partial charge in [0.25, 0.3) is 0 Å². The first-order chi connectivity index (χ1) is 20.3. The smallest absolute Gasteiger partial charge is 0.399 e. The number of benzene rings is 6. The van der Waals surface area contributed by atoms with Gasteiger partial charge < -0.3 is 9.31 Å². The Morgan fingerprint density at radius 1 is 0.452 bits per heavy atom. The molecule has 3 heteroatoms. The monoisotopic (exact) mass is 542 g/mol. The molecular weight excluding hydrogens is 511 g/mol. The van der Waals surface area contributed by atoms with Gasteiger partial charge >= 0.3 is 7.12 Å². The molecule has 1 spiro atoms. The molecule has 9 rings (SSSR count). The number of fused-ring (bicyclic) bond motifs is 15. The van der Waals surface area contributed by atoms with Gasteiger partial charge in [-0.1, -0.05) is 115 Å². The van der Waals surface area contributed by atoms with E-state index in [-0.39, 0.29) is 0 Å². The van der Waals surface area contributed by atoms with E-state index in [1.807, 2.05) is 0 Å². The Kier molecular flexibility index (Phi) is 4.66. The third-order valence-corrected chi connectivity index (χ3v) is 10.5. The molecular formula is C39H31BO2. The van der Waals surface area contributed by atoms with Crippen molar-refractivity contribution in [2.75, 3.05) is 0 Å². The molecule has 1 atom stereocenters. The van der Waals surface area contributed by atoms with Crippen molar-refractivity contribution >= 4 is 34.1 Å². The highest BCUT2D eigenvalue weighted by Gasteiger charge is 2.56. The molecule has 6 aromatic carbocycles. The molecule has 0 N–H and O–H groups in total. The summed E-state index contributed by atoms with van der Waals surface area (Å²) >= 11 is 0. The second-order valence-electron chi connectivity index (χ2n) is 13.0. The molecule has 1 aliphatic heterocycles. The van der Waals surface area contributed by atoms with Crippen LogP contribution < -0.4 is 5.46 Å². The molecule has 202 valence electrons. The molecule has 0 amide bonds. The topological polar surface area (TPSA) is 18.5 Å². The molecule has 3 aliphatic rings. The quantitative estimate of drug-likeness (QED) is 0.153. The van der Waals surface area contributed by atoms with E-state index >= 15 is 0 Å². The van der Waals surface area contributed by atoms with Gasteiger partial charge in [0.15, 0.2) is 0 Å². The molecule has 1 heterocycles. The molecule has 0 radical (unpaired) electrons. The fraction of sp³-hybridized carbons (Fsp3) is 0.179. The van der Waals surface area contributed by atoms with Crippen LogP contribution in [0.5, 0.6) is 0 Å². The SMILES string of the molecule is CC1(C)OB(c2cccc3c2-c2ccccc2C32c3ccccc3-c3c2c2ccccc2c2ccccc32)OC1(C)C. The Morgan fingerprint density at radius 3 is 1.57 bits per heavy atom. The third-order valence-electron chi connectivity index (χ3n) is 10.5. The van der Waals surface area contributed by atoms with Gasteiger partial charge in [0.05, 0.1) is 16.6 Å². The van der Waals surface area contributed by atoms with Crippen LogP contribution >= 0.6 is 0 Å². The first kappa shape index (κ1) is 24.4. The van der Waals surface area contributed by atoms with Crippen molar-refractivity contribution in [1.82, 2.24) is 0 Å². The average Bonchev–Trinajstić information content (AvgIpc) is 3.57. The molecule has 0 saturated carbocycles. The summed E-state index contributed by atoms with van der Waals surface area (Å²) in [5.74, 6) is 0. The highest BCUT2D eigenvalue weighted by molar-refractivity contribution is 6.64. The maximum Gasteiger partial charge on any atom is 0.495 e. The van der Waals surface area contributed by atoms with Crippen molar-refractivity contribution in [3.63, 3.8) is 0 Å². The number of hydrogen-bond acceptors (Lipinski definition) is 2. The van der Waals surface area contributed by atoms with Crippen molar-refractivity contribution in [3.8, 4) is 22.3 Å². The predicted molar refractivity (Wildman–Crippen MR) is 173 cm³/mol. The number of hydrogen-bond donors (Lipinski definition) is 0. The largest absolute Gasteiger partial charge is 0.495 e. The molecule has 2 aliphatic carbocycles. The Balaban J connectivity index is 1.47. The van der Waals surface area contributed by atoms with Crippen LogP contribution in [0.2, 0.25) is 0 Å². The highest BCUT2D eigenvalue weighted by Crippen LogP contribution is 2.65. The summed E-state index contributed by atoms with van der Waals surface area (Å²) in [6, 6.07) is 42.7. The van der Waals surface area contributed by atoms with Crippen LogP contribution in [0.15, 0.2) is 115 Å². The third kappa shape index (κ3) is 2.79. The lowest BCUT2D eigenvalue weighted by Crippen LogP contribution is -2.41. The summed E-state index contributed by atoms with van der Waals surface area (Å²) in [6.07, 6.45) is 0. The van der Waals surface area contributed by atoms with Gasteiger partial charge in [0.1, 0.15) is 0 Å². The van der Waals surface area contributed by atoms with E-state index < -0.39 is 23.7 Å². The Morgan fingerprint density at radius 2 is 0.929 bits per heavy atom. The van der Waals surface area contributed by atoms with Crippen molar-refractivity contribution < 1.29 is 9.31 Å². The van der Waals surface area contributed by atoms with Crippen molar-refractivity contribution in [1.29, 1.82) is 0 Å². The van der Waals surface area contributed by atoms with Crippen LogP contribution in [0.1, 0.15) is 49.9 Å². The maximum absolute atomic E-state index is 6.69. The molecule has 0 bridgehead atoms. The van der Waals surface area contributed by atoms with Gasteiger partial charge in [-0.25, -0.2) is 0 Å². The molecule has 42 heavy (non-hydrogen) atoms. The zero-order valence-corrected chi connectivity index (χ0v) is 24.4. The lowest BCUT2D eigenvalue weighted by atomic mass is 9.67. The van der Waals surface area contributed by atoms with E-state index in [4.69, 9.17) is 9.31 Å². The molecule has 1 fully saturated rings. The van der Waals surface area contributed by atoms with E-state index in [9.17, 15) is 0 Å². The van der Waals surface area contributed by atoms with Crippen LogP contribution in [0.4, 0.5) is 0 Å². The zero-order valence-electron chi connectivity index (χ0n) is 24.4. The van der Waals surface area contributed by atoms with Gasteiger partial charge in [0.2, 0.25) is 0 Å². The summed E-state index contributed by atoms with van der Waals surface area (Å²) in [5, 5.41) is 5.22. The Labute approximate surface area is 247 Å². The molecule has 6 aromatic rings. The van der Waals surface area contributed by atoms with Crippen LogP contribution in [-0.2, 0) is 14.7 Å². The van der Waals surface area contributed by atoms with Crippen LogP contribution in [0.3, 0.4) is 0 Å². The Hall–Kier alpha value is -4.18. The second kappa shape index (κ2) is 8.01. The zero-order chi connectivity index (χ0) is 28.4. The fourth-order valence-corrected chi connectivity index (χ4v) is 8.06. The van der Waals surface area contributed by atoms with E-state index in [0.717, 1.165) is 5.46 Å². The summed E-state index contributed by atoms with van der Waals surface area (Å²) in [6.45, 7) is 8.53. The predicted octanol–water partition coefficient (Wildman–Crippen LogP) is 8.64. The van der Waals surface area contributed by atoms with E-state index in [2.05, 4.69) is 143 Å². The number of rotatable bonds is 1. The first-order valence-corrected chi connectivity index (χ1v) is 15.0. The van der Waals surface area contributed by atoms with E-state index in [0.29, 0.717) is 0 Å². The minimum atomic E-state index is -0.457. The van der Waals surface area contributed by atoms with Crippen LogP contribution in [-0.4, -0.2) is 18.3 Å². The second-order valence-corrected chi connectivity index (χ2v) is 13.0. The maximum atomic E-state index is 6.69. The lowest BCUT2D eigenvalue weighted by molar-refractivity contribution is 0.00578. The normalized spacial score (nSPS) is 20.6. The first-order valence-electron chi connectivity index (χ1n) is 15.0. The summed E-state index contributed by atoms with van der Waals surface area (Å²) < 4.78 is 13.4. The van der Waals surface area contributed by atoms with Gasteiger partial charge in [-0.15, -0.1) is 0 Å². The van der Waals surface area contributed by atoms with Gasteiger partial charge in [0, 0.05) is 0 Å². The summed E-state index contributed by atoms with van der Waals surface area (Å²) in [7, 11) is -0.447. The Bertz CT molecular complexity index is 2110. The van der Waals surface area contributed by atoms with Crippen molar-refractivity contribution in [2.45, 2.75) is 44.3 Å². The molecule has 1 unspecified atom stereocenters. The van der Waals surface area contributed by atoms with Gasteiger partial charge in [-0.2, -0.15) is 0 Å². The highest BCUT2D eigenvalue weighted by atomic mass is 16.7. The van der Waals surface area contributed by atoms with Crippen LogP contribution in [0.25, 0.3) is 43.8 Å². The standard InChI is InChI=1S/C39H31BO2/c1-37(2)38(3,4)42-40(41-37)33-23-13-22-32-35(33)29-19-10-12-21-31(29)39(32)30-20-11-9-18-28(30)34-26-16-7-5-14-24(26)25-15-6-8-17-27(25)36(34)39/h5-23H,1-4H3. The summed E-state index contributed by atoms with van der Waals surface area (Å²) in [5.41, 5.74) is 10.3. The van der Waals surface area contributed by atoms with Crippen molar-refractivity contribution in [3.05, 3.63) is 138 Å². The minimum absolute atomic E-state index is 0.419. The average molecular weight is 542 g/mol. The van der Waals surface area contributed by atoms with Crippen molar-refractivity contribution in [2.24, 2.45) is 0 Å².